The van der Waals surface area contributed by atoms with Gasteiger partial charge in [-0.15, -0.1) is 4.83 Å². The van der Waals surface area contributed by atoms with E-state index in [2.05, 4.69) is 10.3 Å². The molecule has 0 atom stereocenters. The highest BCUT2D eigenvalue weighted by molar-refractivity contribution is 7.89. The molecule has 0 aromatic heterocycles. The maximum Gasteiger partial charge on any atom is 0.258 e. The highest BCUT2D eigenvalue weighted by atomic mass is 32.2. The molecule has 0 radical (unpaired) electrons. The van der Waals surface area contributed by atoms with Crippen LogP contribution in [0.15, 0.2) is 41.3 Å². The third kappa shape index (κ3) is 3.22. The number of hydrogen-bond donors (Lipinski definition) is 2. The minimum atomic E-state index is -3.87. The Bertz CT molecular complexity index is 858. The number of hydrogen-bond acceptors (Lipinski definition) is 4. The molecule has 1 aliphatic rings. The fourth-order valence-electron chi connectivity index (χ4n) is 3.12. The van der Waals surface area contributed by atoms with Crippen molar-refractivity contribution in [1.29, 1.82) is 0 Å². The first-order valence-electron chi connectivity index (χ1n) is 7.90. The van der Waals surface area contributed by atoms with Gasteiger partial charge < -0.3 is 4.74 Å². The normalized spacial score (nSPS) is 15.5. The molecule has 0 heterocycles. The van der Waals surface area contributed by atoms with Gasteiger partial charge in [-0.25, -0.2) is 8.42 Å². The topological polar surface area (TPSA) is 84.5 Å². The summed E-state index contributed by atoms with van der Waals surface area (Å²) in [5.41, 5.74) is 2.35. The van der Waals surface area contributed by atoms with Crippen molar-refractivity contribution in [3.63, 3.8) is 0 Å². The van der Waals surface area contributed by atoms with Gasteiger partial charge in [0.05, 0.1) is 12.0 Å². The van der Waals surface area contributed by atoms with Crippen molar-refractivity contribution in [1.82, 2.24) is 10.3 Å². The first kappa shape index (κ1) is 16.7. The molecule has 1 fully saturated rings. The molecule has 24 heavy (non-hydrogen) atoms. The van der Waals surface area contributed by atoms with E-state index in [1.165, 1.54) is 13.2 Å². The van der Waals surface area contributed by atoms with Gasteiger partial charge >= 0.3 is 0 Å². The zero-order chi connectivity index (χ0) is 17.2. The predicted octanol–water partition coefficient (Wildman–Crippen LogP) is 2.35. The fourth-order valence-corrected chi connectivity index (χ4v) is 4.18. The summed E-state index contributed by atoms with van der Waals surface area (Å²) in [5.74, 6) is 0.216. The minimum absolute atomic E-state index is 0.102. The highest BCUT2D eigenvalue weighted by Gasteiger charge is 2.25. The van der Waals surface area contributed by atoms with E-state index in [0.29, 0.717) is 16.5 Å². The Morgan fingerprint density at radius 3 is 2.42 bits per heavy atom. The van der Waals surface area contributed by atoms with Crippen LogP contribution in [0.2, 0.25) is 0 Å². The SMILES string of the molecule is COc1ccc(S(=O)(=O)NNC(=O)C2CCCC2)c2ccccc12. The highest BCUT2D eigenvalue weighted by Crippen LogP contribution is 2.30. The van der Waals surface area contributed by atoms with Crippen LogP contribution in [0, 0.1) is 5.92 Å². The summed E-state index contributed by atoms with van der Waals surface area (Å²) in [7, 11) is -2.34. The molecule has 0 bridgehead atoms. The fraction of sp³-hybridized carbons (Fsp3) is 0.353. The van der Waals surface area contributed by atoms with Gasteiger partial charge in [0, 0.05) is 16.7 Å². The molecule has 6 nitrogen and oxygen atoms in total. The van der Waals surface area contributed by atoms with Crippen molar-refractivity contribution in [2.75, 3.05) is 7.11 Å². The Morgan fingerprint density at radius 2 is 1.75 bits per heavy atom. The number of nitrogens with one attached hydrogen (secondary N) is 2. The molecule has 1 saturated carbocycles. The van der Waals surface area contributed by atoms with Crippen LogP contribution in [0.25, 0.3) is 10.8 Å². The van der Waals surface area contributed by atoms with Crippen molar-refractivity contribution in [3.05, 3.63) is 36.4 Å². The summed E-state index contributed by atoms with van der Waals surface area (Å²) < 4.78 is 30.5. The lowest BCUT2D eigenvalue weighted by Crippen LogP contribution is -2.44. The lowest BCUT2D eigenvalue weighted by Gasteiger charge is -2.14. The largest absolute Gasteiger partial charge is 0.496 e. The number of hydrazine groups is 1. The molecular weight excluding hydrogens is 328 g/mol. The van der Waals surface area contributed by atoms with E-state index in [-0.39, 0.29) is 16.7 Å². The third-order valence-corrected chi connectivity index (χ3v) is 5.69. The maximum absolute atomic E-state index is 12.6. The molecule has 2 aromatic carbocycles. The average molecular weight is 348 g/mol. The van der Waals surface area contributed by atoms with Crippen molar-refractivity contribution in [2.24, 2.45) is 5.92 Å². The Labute approximate surface area is 141 Å². The second kappa shape index (κ2) is 6.78. The summed E-state index contributed by atoms with van der Waals surface area (Å²) in [4.78, 5) is 14.3. The van der Waals surface area contributed by atoms with Crippen LogP contribution in [0.5, 0.6) is 5.75 Å². The van der Waals surface area contributed by atoms with E-state index in [9.17, 15) is 13.2 Å². The van der Waals surface area contributed by atoms with Gasteiger partial charge in [0.15, 0.2) is 0 Å². The van der Waals surface area contributed by atoms with Crippen LogP contribution >= 0.6 is 0 Å². The number of fused-ring (bicyclic) bond motifs is 1. The van der Waals surface area contributed by atoms with Gasteiger partial charge in [-0.1, -0.05) is 37.1 Å². The summed E-state index contributed by atoms with van der Waals surface area (Å²) in [6.45, 7) is 0. The number of sulfonamides is 1. The summed E-state index contributed by atoms with van der Waals surface area (Å²) in [6, 6.07) is 10.2. The van der Waals surface area contributed by atoms with Crippen molar-refractivity contribution in [2.45, 2.75) is 30.6 Å². The first-order chi connectivity index (χ1) is 11.5. The molecule has 0 saturated heterocycles. The zero-order valence-electron chi connectivity index (χ0n) is 13.4. The van der Waals surface area contributed by atoms with Crippen LogP contribution in [0.3, 0.4) is 0 Å². The van der Waals surface area contributed by atoms with Gasteiger partial charge in [0.2, 0.25) is 5.91 Å². The Morgan fingerprint density at radius 1 is 1.08 bits per heavy atom. The Hall–Kier alpha value is -2.12. The molecule has 7 heteroatoms. The Kier molecular flexibility index (Phi) is 4.73. The molecule has 2 aromatic rings. The van der Waals surface area contributed by atoms with Crippen LogP contribution in [-0.2, 0) is 14.8 Å². The Balaban J connectivity index is 1.87. The summed E-state index contributed by atoms with van der Waals surface area (Å²) >= 11 is 0. The van der Waals surface area contributed by atoms with Gasteiger partial charge in [0.1, 0.15) is 5.75 Å². The van der Waals surface area contributed by atoms with E-state index >= 15 is 0 Å². The number of carbonyl (C=O) groups is 1. The zero-order valence-corrected chi connectivity index (χ0v) is 14.2. The van der Waals surface area contributed by atoms with E-state index in [1.54, 1.807) is 24.3 Å². The van der Waals surface area contributed by atoms with E-state index in [1.807, 2.05) is 6.07 Å². The number of amides is 1. The van der Waals surface area contributed by atoms with Crippen LogP contribution in [-0.4, -0.2) is 21.4 Å². The number of methoxy groups -OCH3 is 1. The molecule has 1 aliphatic carbocycles. The van der Waals surface area contributed by atoms with Gasteiger partial charge in [-0.3, -0.25) is 10.2 Å². The number of benzene rings is 2. The second-order valence-electron chi connectivity index (χ2n) is 5.89. The van der Waals surface area contributed by atoms with Crippen LogP contribution < -0.4 is 15.0 Å². The van der Waals surface area contributed by atoms with Crippen molar-refractivity contribution < 1.29 is 17.9 Å². The minimum Gasteiger partial charge on any atom is -0.496 e. The monoisotopic (exact) mass is 348 g/mol. The molecule has 0 aliphatic heterocycles. The van der Waals surface area contributed by atoms with Gasteiger partial charge in [-0.05, 0) is 25.0 Å². The van der Waals surface area contributed by atoms with Gasteiger partial charge in [-0.2, -0.15) is 0 Å². The van der Waals surface area contributed by atoms with E-state index in [4.69, 9.17) is 4.74 Å². The number of carbonyl (C=O) groups excluding carboxylic acids is 1. The second-order valence-corrected chi connectivity index (χ2v) is 7.54. The average Bonchev–Trinajstić information content (AvgIpc) is 3.13. The molecular formula is C17H20N2O4S. The van der Waals surface area contributed by atoms with Crippen LogP contribution in [0.1, 0.15) is 25.7 Å². The predicted molar refractivity (Wildman–Crippen MR) is 90.9 cm³/mol. The smallest absolute Gasteiger partial charge is 0.258 e. The summed E-state index contributed by atoms with van der Waals surface area (Å²) in [5, 5.41) is 1.24. The quantitative estimate of drug-likeness (QED) is 0.813. The summed E-state index contributed by atoms with van der Waals surface area (Å²) in [6.07, 6.45) is 3.62. The lowest BCUT2D eigenvalue weighted by molar-refractivity contribution is -0.125. The molecule has 2 N–H and O–H groups in total. The maximum atomic E-state index is 12.6. The first-order valence-corrected chi connectivity index (χ1v) is 9.38. The number of ether oxygens (including phenoxy) is 1. The van der Waals surface area contributed by atoms with Gasteiger partial charge in [0.25, 0.3) is 10.0 Å². The van der Waals surface area contributed by atoms with Crippen molar-refractivity contribution >= 4 is 26.7 Å². The lowest BCUT2D eigenvalue weighted by atomic mass is 10.1. The number of rotatable bonds is 5. The van der Waals surface area contributed by atoms with Crippen LogP contribution in [0.4, 0.5) is 0 Å². The molecule has 3 rings (SSSR count). The molecule has 1 amide bonds. The van der Waals surface area contributed by atoms with Crippen molar-refractivity contribution in [3.8, 4) is 5.75 Å². The molecule has 0 unspecified atom stereocenters. The third-order valence-electron chi connectivity index (χ3n) is 4.39. The standard InChI is InChI=1S/C17H20N2O4S/c1-23-15-10-11-16(14-9-5-4-8-13(14)15)24(21,22)19-18-17(20)12-6-2-3-7-12/h4-5,8-12,19H,2-3,6-7H2,1H3,(H,18,20). The van der Waals surface area contributed by atoms with E-state index < -0.39 is 10.0 Å². The van der Waals surface area contributed by atoms with E-state index in [0.717, 1.165) is 25.7 Å². The molecule has 0 spiro atoms. The molecule has 128 valence electrons.